The summed E-state index contributed by atoms with van der Waals surface area (Å²) in [6.07, 6.45) is 1.24. The van der Waals surface area contributed by atoms with Crippen LogP contribution in [0.25, 0.3) is 0 Å². The van der Waals surface area contributed by atoms with Crippen molar-refractivity contribution < 1.29 is 14.7 Å². The van der Waals surface area contributed by atoms with Gasteiger partial charge in [0.1, 0.15) is 0 Å². The summed E-state index contributed by atoms with van der Waals surface area (Å²) < 4.78 is 0. The van der Waals surface area contributed by atoms with E-state index in [1.165, 1.54) is 0 Å². The highest BCUT2D eigenvalue weighted by molar-refractivity contribution is 9.10. The van der Waals surface area contributed by atoms with Gasteiger partial charge in [-0.15, -0.1) is 0 Å². The second kappa shape index (κ2) is 3.31. The van der Waals surface area contributed by atoms with Gasteiger partial charge in [-0.3, -0.25) is 9.59 Å². The number of carbonyl (C=O) groups is 2. The maximum Gasteiger partial charge on any atom is 0.311 e. The Morgan fingerprint density at radius 1 is 1.50 bits per heavy atom. The molecule has 0 aromatic heterocycles. The van der Waals surface area contributed by atoms with Crippen molar-refractivity contribution in [3.05, 3.63) is 0 Å². The minimum absolute atomic E-state index is 0.0445. The molecule has 2 saturated carbocycles. The SMILES string of the molecule is CC1(C)C2(CBr)CCC1(C(=O)O)C(Br)C2=O. The van der Waals surface area contributed by atoms with Crippen LogP contribution in [0.15, 0.2) is 0 Å². The van der Waals surface area contributed by atoms with Crippen molar-refractivity contribution in [2.24, 2.45) is 16.2 Å². The summed E-state index contributed by atoms with van der Waals surface area (Å²) in [6, 6.07) is 0. The standard InChI is InChI=1S/C11H14Br2O3/c1-9(2)10(5-12)3-4-11(9,8(15)16)6(13)7(10)14/h6H,3-5H2,1-2H3,(H,15,16). The molecule has 0 radical (unpaired) electrons. The molecular formula is C11H14Br2O3. The minimum atomic E-state index is -0.947. The van der Waals surface area contributed by atoms with Crippen LogP contribution in [-0.2, 0) is 9.59 Å². The molecule has 3 atom stereocenters. The van der Waals surface area contributed by atoms with E-state index in [0.717, 1.165) is 0 Å². The summed E-state index contributed by atoms with van der Waals surface area (Å²) in [7, 11) is 0. The van der Waals surface area contributed by atoms with E-state index in [-0.39, 0.29) is 5.78 Å². The summed E-state index contributed by atoms with van der Waals surface area (Å²) in [6.45, 7) is 3.82. The number of carboxylic acids is 1. The molecule has 1 N–H and O–H groups in total. The van der Waals surface area contributed by atoms with Gasteiger partial charge in [0.25, 0.3) is 0 Å². The van der Waals surface area contributed by atoms with Crippen LogP contribution in [0.4, 0.5) is 0 Å². The van der Waals surface area contributed by atoms with Crippen molar-refractivity contribution in [1.82, 2.24) is 0 Å². The van der Waals surface area contributed by atoms with Gasteiger partial charge in [-0.05, 0) is 18.3 Å². The summed E-state index contributed by atoms with van der Waals surface area (Å²) in [5.74, 6) is -0.809. The number of hydrogen-bond donors (Lipinski definition) is 1. The monoisotopic (exact) mass is 352 g/mol. The van der Waals surface area contributed by atoms with Crippen LogP contribution >= 0.6 is 31.9 Å². The quantitative estimate of drug-likeness (QED) is 0.776. The van der Waals surface area contributed by atoms with Crippen LogP contribution in [0.5, 0.6) is 0 Å². The van der Waals surface area contributed by atoms with E-state index in [9.17, 15) is 14.7 Å². The molecule has 16 heavy (non-hydrogen) atoms. The number of Topliss-reactive ketones (excluding diaryl/α,β-unsaturated/α-hetero) is 1. The van der Waals surface area contributed by atoms with E-state index >= 15 is 0 Å². The molecule has 2 rings (SSSR count). The number of carboxylic acid groups (broad SMARTS) is 1. The van der Waals surface area contributed by atoms with E-state index in [1.807, 2.05) is 13.8 Å². The van der Waals surface area contributed by atoms with Gasteiger partial charge in [0.2, 0.25) is 0 Å². The molecular weight excluding hydrogens is 340 g/mol. The van der Waals surface area contributed by atoms with Crippen molar-refractivity contribution >= 4 is 43.6 Å². The van der Waals surface area contributed by atoms with Gasteiger partial charge in [-0.25, -0.2) is 0 Å². The molecule has 2 bridgehead atoms. The van der Waals surface area contributed by atoms with Crippen molar-refractivity contribution in [1.29, 1.82) is 0 Å². The Bertz CT molecular complexity index is 379. The first-order valence-corrected chi connectivity index (χ1v) is 7.29. The van der Waals surface area contributed by atoms with Crippen LogP contribution < -0.4 is 0 Å². The van der Waals surface area contributed by atoms with E-state index in [0.29, 0.717) is 18.2 Å². The summed E-state index contributed by atoms with van der Waals surface area (Å²) >= 11 is 6.72. The molecule has 0 aliphatic heterocycles. The molecule has 0 heterocycles. The van der Waals surface area contributed by atoms with Gasteiger partial charge in [0, 0.05) is 10.7 Å². The molecule has 5 heteroatoms. The second-order valence-electron chi connectivity index (χ2n) is 5.34. The van der Waals surface area contributed by atoms with Crippen molar-refractivity contribution in [3.63, 3.8) is 0 Å². The lowest BCUT2D eigenvalue weighted by atomic mass is 9.65. The number of alkyl halides is 2. The fourth-order valence-corrected chi connectivity index (χ4v) is 6.28. The van der Waals surface area contributed by atoms with Crippen LogP contribution in [0.2, 0.25) is 0 Å². The van der Waals surface area contributed by atoms with Gasteiger partial charge in [0.15, 0.2) is 5.78 Å². The van der Waals surface area contributed by atoms with Crippen molar-refractivity contribution in [2.45, 2.75) is 31.5 Å². The third-order valence-corrected chi connectivity index (χ3v) is 7.16. The number of rotatable bonds is 2. The lowest BCUT2D eigenvalue weighted by molar-refractivity contribution is -0.153. The van der Waals surface area contributed by atoms with Crippen LogP contribution in [-0.4, -0.2) is 27.0 Å². The van der Waals surface area contributed by atoms with Gasteiger partial charge in [-0.1, -0.05) is 45.7 Å². The van der Waals surface area contributed by atoms with Crippen molar-refractivity contribution in [2.75, 3.05) is 5.33 Å². The summed E-state index contributed by atoms with van der Waals surface area (Å²) in [5, 5.41) is 10.1. The van der Waals surface area contributed by atoms with Crippen molar-refractivity contribution in [3.8, 4) is 0 Å². The third-order valence-electron chi connectivity index (χ3n) is 5.00. The highest BCUT2D eigenvalue weighted by Crippen LogP contribution is 2.72. The Balaban J connectivity index is 2.67. The first kappa shape index (κ1) is 12.6. The number of carbonyl (C=O) groups excluding carboxylic acids is 1. The average molecular weight is 354 g/mol. The Labute approximate surface area is 111 Å². The lowest BCUT2D eigenvalue weighted by Crippen LogP contribution is -2.45. The van der Waals surface area contributed by atoms with E-state index in [4.69, 9.17) is 0 Å². The highest BCUT2D eigenvalue weighted by atomic mass is 79.9. The van der Waals surface area contributed by atoms with E-state index < -0.39 is 27.0 Å². The molecule has 0 saturated heterocycles. The minimum Gasteiger partial charge on any atom is -0.481 e. The average Bonchev–Trinajstić information content (AvgIpc) is 2.51. The Kier molecular flexibility index (Phi) is 2.60. The zero-order valence-corrected chi connectivity index (χ0v) is 12.4. The Morgan fingerprint density at radius 2 is 2.06 bits per heavy atom. The zero-order valence-electron chi connectivity index (χ0n) is 9.22. The summed E-state index contributed by atoms with van der Waals surface area (Å²) in [5.41, 5.74) is -1.99. The van der Waals surface area contributed by atoms with Gasteiger partial charge in [0.05, 0.1) is 10.2 Å². The zero-order chi connectivity index (χ0) is 12.4. The Morgan fingerprint density at radius 3 is 2.38 bits per heavy atom. The lowest BCUT2D eigenvalue weighted by Gasteiger charge is -2.38. The Hall–Kier alpha value is 0.1000. The first-order valence-electron chi connectivity index (χ1n) is 5.26. The first-order chi connectivity index (χ1) is 7.28. The van der Waals surface area contributed by atoms with Crippen LogP contribution in [0, 0.1) is 16.2 Å². The third kappa shape index (κ3) is 0.964. The number of hydrogen-bond acceptors (Lipinski definition) is 2. The number of fused-ring (bicyclic) bond motifs is 2. The number of ketones is 1. The fourth-order valence-electron chi connectivity index (χ4n) is 3.59. The molecule has 3 unspecified atom stereocenters. The molecule has 2 aliphatic carbocycles. The molecule has 0 aromatic carbocycles. The van der Waals surface area contributed by atoms with E-state index in [1.54, 1.807) is 0 Å². The predicted molar refractivity (Wildman–Crippen MR) is 67.0 cm³/mol. The maximum absolute atomic E-state index is 12.3. The topological polar surface area (TPSA) is 54.4 Å². The molecule has 2 aliphatic rings. The smallest absolute Gasteiger partial charge is 0.311 e. The largest absolute Gasteiger partial charge is 0.481 e. The number of halogens is 2. The number of aliphatic carboxylic acids is 1. The predicted octanol–water partition coefficient (Wildman–Crippen LogP) is 2.60. The molecule has 3 nitrogen and oxygen atoms in total. The molecule has 90 valence electrons. The van der Waals surface area contributed by atoms with Crippen LogP contribution in [0.3, 0.4) is 0 Å². The molecule has 0 amide bonds. The molecule has 0 spiro atoms. The fraction of sp³-hybridized carbons (Fsp3) is 0.818. The highest BCUT2D eigenvalue weighted by Gasteiger charge is 2.78. The van der Waals surface area contributed by atoms with E-state index in [2.05, 4.69) is 31.9 Å². The molecule has 0 aromatic rings. The molecule has 2 fully saturated rings. The van der Waals surface area contributed by atoms with Gasteiger partial charge in [-0.2, -0.15) is 0 Å². The summed E-state index contributed by atoms with van der Waals surface area (Å²) in [4.78, 5) is 23.4. The maximum atomic E-state index is 12.3. The second-order valence-corrected chi connectivity index (χ2v) is 6.82. The van der Waals surface area contributed by atoms with Gasteiger partial charge < -0.3 is 5.11 Å². The normalized spacial score (nSPS) is 45.0. The van der Waals surface area contributed by atoms with Gasteiger partial charge >= 0.3 is 5.97 Å². The van der Waals surface area contributed by atoms with Crippen LogP contribution in [0.1, 0.15) is 26.7 Å².